The number of aliphatic hydroxyl groups is 1. The molecule has 2 atom stereocenters. The Morgan fingerprint density at radius 1 is 1.53 bits per heavy atom. The molecular weight excluding hydrogens is 246 g/mol. The molecule has 1 heterocycles. The molecule has 1 rings (SSSR count). The topological polar surface area (TPSA) is 108 Å². The number of hydrogen-bond acceptors (Lipinski definition) is 5. The van der Waals surface area contributed by atoms with Crippen LogP contribution >= 0.6 is 0 Å². The monoisotopic (exact) mass is 265 g/mol. The van der Waals surface area contributed by atoms with Gasteiger partial charge in [0.1, 0.15) is 0 Å². The van der Waals surface area contributed by atoms with Crippen molar-refractivity contribution < 1.29 is 18.3 Å². The second-order valence-corrected chi connectivity index (χ2v) is 5.88. The van der Waals surface area contributed by atoms with Crippen molar-refractivity contribution in [2.75, 3.05) is 25.4 Å². The van der Waals surface area contributed by atoms with Crippen LogP contribution in [0.4, 0.5) is 0 Å². The molecule has 0 aromatic carbocycles. The summed E-state index contributed by atoms with van der Waals surface area (Å²) < 4.78 is 24.9. The molecule has 0 aromatic rings. The second-order valence-electron chi connectivity index (χ2n) is 3.96. The summed E-state index contributed by atoms with van der Waals surface area (Å²) >= 11 is 0. The number of carbonyl (C=O) groups is 1. The Hall–Kier alpha value is -0.700. The van der Waals surface area contributed by atoms with Crippen molar-refractivity contribution in [1.29, 1.82) is 0 Å². The lowest BCUT2D eigenvalue weighted by molar-refractivity contribution is -0.122. The minimum atomic E-state index is -3.30. The first-order valence-corrected chi connectivity index (χ1v) is 7.26. The highest BCUT2D eigenvalue weighted by atomic mass is 32.2. The van der Waals surface area contributed by atoms with Crippen molar-refractivity contribution in [3.8, 4) is 0 Å². The maximum atomic E-state index is 11.5. The molecule has 0 aromatic heterocycles. The van der Waals surface area contributed by atoms with Gasteiger partial charge in [-0.15, -0.1) is 0 Å². The van der Waals surface area contributed by atoms with Crippen molar-refractivity contribution >= 4 is 15.9 Å². The molecule has 1 aliphatic rings. The van der Waals surface area contributed by atoms with Gasteiger partial charge in [0.2, 0.25) is 15.9 Å². The molecule has 8 heteroatoms. The van der Waals surface area contributed by atoms with E-state index in [1.54, 1.807) is 6.92 Å². The predicted octanol–water partition coefficient (Wildman–Crippen LogP) is -2.24. The van der Waals surface area contributed by atoms with Gasteiger partial charge in [0.25, 0.3) is 0 Å². The zero-order valence-corrected chi connectivity index (χ0v) is 10.6. The van der Waals surface area contributed by atoms with Crippen molar-refractivity contribution in [2.24, 2.45) is 0 Å². The van der Waals surface area contributed by atoms with Crippen LogP contribution in [0, 0.1) is 0 Å². The molecule has 0 radical (unpaired) electrons. The largest absolute Gasteiger partial charge is 0.392 e. The van der Waals surface area contributed by atoms with Crippen molar-refractivity contribution in [1.82, 2.24) is 15.4 Å². The number of amides is 1. The van der Waals surface area contributed by atoms with Gasteiger partial charge in [0.05, 0.1) is 17.9 Å². The van der Waals surface area contributed by atoms with E-state index in [1.165, 1.54) is 0 Å². The van der Waals surface area contributed by atoms with E-state index in [0.29, 0.717) is 19.5 Å². The fourth-order valence-electron chi connectivity index (χ4n) is 1.64. The minimum Gasteiger partial charge on any atom is -0.392 e. The highest BCUT2D eigenvalue weighted by Gasteiger charge is 2.27. The van der Waals surface area contributed by atoms with E-state index in [4.69, 9.17) is 0 Å². The fraction of sp³-hybridized carbons (Fsp3) is 0.889. The van der Waals surface area contributed by atoms with Crippen LogP contribution < -0.4 is 15.4 Å². The van der Waals surface area contributed by atoms with Gasteiger partial charge in [-0.1, -0.05) is 6.92 Å². The minimum absolute atomic E-state index is 0.0719. The van der Waals surface area contributed by atoms with E-state index in [-0.39, 0.29) is 18.2 Å². The van der Waals surface area contributed by atoms with Gasteiger partial charge in [-0.2, -0.15) is 0 Å². The van der Waals surface area contributed by atoms with E-state index in [2.05, 4.69) is 15.4 Å². The average Bonchev–Trinajstić information content (AvgIpc) is 2.64. The SMILES string of the molecule is CCNS(=O)(=O)CCNC(=O)C1CC(O)CN1. The Kier molecular flexibility index (Phi) is 5.31. The maximum absolute atomic E-state index is 11.5. The van der Waals surface area contributed by atoms with Crippen LogP contribution in [-0.4, -0.2) is 57.0 Å². The summed E-state index contributed by atoms with van der Waals surface area (Å²) in [7, 11) is -3.30. The molecule has 4 N–H and O–H groups in total. The number of nitrogens with one attached hydrogen (secondary N) is 3. The summed E-state index contributed by atoms with van der Waals surface area (Å²) in [5.74, 6) is -0.407. The van der Waals surface area contributed by atoms with Crippen LogP contribution in [0.2, 0.25) is 0 Å². The summed E-state index contributed by atoms with van der Waals surface area (Å²) in [4.78, 5) is 11.5. The number of hydrogen-bond donors (Lipinski definition) is 4. The highest BCUT2D eigenvalue weighted by molar-refractivity contribution is 7.89. The standard InChI is InChI=1S/C9H19N3O4S/c1-2-12-17(15,16)4-3-10-9(14)8-5-7(13)6-11-8/h7-8,11-13H,2-6H2,1H3,(H,10,14). The average molecular weight is 265 g/mol. The van der Waals surface area contributed by atoms with Crippen LogP contribution in [0.3, 0.4) is 0 Å². The number of rotatable bonds is 6. The van der Waals surface area contributed by atoms with Gasteiger partial charge < -0.3 is 15.7 Å². The lowest BCUT2D eigenvalue weighted by atomic mass is 10.2. The van der Waals surface area contributed by atoms with Gasteiger partial charge in [-0.25, -0.2) is 13.1 Å². The molecule has 17 heavy (non-hydrogen) atoms. The summed E-state index contributed by atoms with van der Waals surface area (Å²) in [5.41, 5.74) is 0. The van der Waals surface area contributed by atoms with E-state index >= 15 is 0 Å². The van der Waals surface area contributed by atoms with Crippen molar-refractivity contribution in [3.63, 3.8) is 0 Å². The molecule has 0 bridgehead atoms. The van der Waals surface area contributed by atoms with Crippen molar-refractivity contribution in [3.05, 3.63) is 0 Å². The Morgan fingerprint density at radius 2 is 2.24 bits per heavy atom. The number of β-amino-alcohol motifs (C(OH)–C–C–N with tert-alkyl or cyclic N) is 1. The fourth-order valence-corrected chi connectivity index (χ4v) is 2.60. The molecule has 2 unspecified atom stereocenters. The first kappa shape index (κ1) is 14.4. The summed E-state index contributed by atoms with van der Waals surface area (Å²) in [5, 5.41) is 14.6. The van der Waals surface area contributed by atoms with Crippen LogP contribution in [0.25, 0.3) is 0 Å². The van der Waals surface area contributed by atoms with Gasteiger partial charge in [-0.05, 0) is 6.42 Å². The zero-order valence-electron chi connectivity index (χ0n) is 9.77. The molecule has 1 aliphatic heterocycles. The molecule has 1 saturated heterocycles. The number of sulfonamides is 1. The smallest absolute Gasteiger partial charge is 0.237 e. The van der Waals surface area contributed by atoms with Crippen LogP contribution in [-0.2, 0) is 14.8 Å². The Morgan fingerprint density at radius 3 is 2.76 bits per heavy atom. The lowest BCUT2D eigenvalue weighted by Crippen LogP contribution is -2.43. The van der Waals surface area contributed by atoms with E-state index in [1.807, 2.05) is 0 Å². The molecule has 0 spiro atoms. The van der Waals surface area contributed by atoms with E-state index in [9.17, 15) is 18.3 Å². The molecule has 100 valence electrons. The normalized spacial score (nSPS) is 24.8. The number of aliphatic hydroxyl groups excluding tert-OH is 1. The van der Waals surface area contributed by atoms with E-state index < -0.39 is 22.2 Å². The quantitative estimate of drug-likeness (QED) is 0.434. The summed E-state index contributed by atoms with van der Waals surface area (Å²) in [6.07, 6.45) is -0.137. The molecule has 1 fully saturated rings. The van der Waals surface area contributed by atoms with E-state index in [0.717, 1.165) is 0 Å². The van der Waals surface area contributed by atoms with Crippen LogP contribution in [0.15, 0.2) is 0 Å². The van der Waals surface area contributed by atoms with Gasteiger partial charge in [0.15, 0.2) is 0 Å². The Bertz CT molecular complexity index is 357. The summed E-state index contributed by atoms with van der Waals surface area (Å²) in [6.45, 7) is 2.50. The highest BCUT2D eigenvalue weighted by Crippen LogP contribution is 2.05. The van der Waals surface area contributed by atoms with Gasteiger partial charge >= 0.3 is 0 Å². The van der Waals surface area contributed by atoms with Gasteiger partial charge in [-0.3, -0.25) is 4.79 Å². The zero-order chi connectivity index (χ0) is 12.9. The number of carbonyl (C=O) groups excluding carboxylic acids is 1. The second kappa shape index (κ2) is 6.29. The molecule has 0 saturated carbocycles. The van der Waals surface area contributed by atoms with Crippen LogP contribution in [0.1, 0.15) is 13.3 Å². The third kappa shape index (κ3) is 4.99. The third-order valence-electron chi connectivity index (χ3n) is 2.46. The molecule has 1 amide bonds. The Labute approximate surface area is 101 Å². The van der Waals surface area contributed by atoms with Gasteiger partial charge in [0, 0.05) is 19.6 Å². The molecular formula is C9H19N3O4S. The Balaban J connectivity index is 2.25. The maximum Gasteiger partial charge on any atom is 0.237 e. The predicted molar refractivity (Wildman–Crippen MR) is 62.9 cm³/mol. The van der Waals surface area contributed by atoms with Crippen LogP contribution in [0.5, 0.6) is 0 Å². The first-order valence-electron chi connectivity index (χ1n) is 5.61. The lowest BCUT2D eigenvalue weighted by Gasteiger charge is -2.11. The summed E-state index contributed by atoms with van der Waals surface area (Å²) in [6, 6.07) is -0.424. The van der Waals surface area contributed by atoms with Crippen molar-refractivity contribution in [2.45, 2.75) is 25.5 Å². The first-order chi connectivity index (χ1) is 7.94. The molecule has 7 nitrogen and oxygen atoms in total. The third-order valence-corrected chi connectivity index (χ3v) is 3.93. The molecule has 0 aliphatic carbocycles.